The number of nitrogens with two attached hydrogens (primary N) is 1. The minimum absolute atomic E-state index is 0.119. The van der Waals surface area contributed by atoms with E-state index < -0.39 is 0 Å². The van der Waals surface area contributed by atoms with E-state index in [1.807, 2.05) is 0 Å². The molecule has 0 saturated carbocycles. The topological polar surface area (TPSA) is 93.6 Å². The van der Waals surface area contributed by atoms with Crippen LogP contribution < -0.4 is 5.73 Å². The number of hydrogen-bond acceptors (Lipinski definition) is 5. The highest BCUT2D eigenvalue weighted by molar-refractivity contribution is 6.39. The number of benzene rings is 1. The second kappa shape index (κ2) is 4.56. The maximum Gasteiger partial charge on any atom is 0.230 e. The fourth-order valence-electron chi connectivity index (χ4n) is 1.77. The molecule has 0 bridgehead atoms. The molecule has 0 amide bonds. The Morgan fingerprint density at radius 3 is 2.53 bits per heavy atom. The van der Waals surface area contributed by atoms with Crippen LogP contribution in [0.5, 0.6) is 0 Å². The lowest BCUT2D eigenvalue weighted by molar-refractivity contribution is 0.439. The van der Waals surface area contributed by atoms with E-state index in [0.717, 1.165) is 0 Å². The highest BCUT2D eigenvalue weighted by Gasteiger charge is 2.23. The fourth-order valence-corrected chi connectivity index (χ4v) is 2.36. The molecule has 0 saturated heterocycles. The molecule has 0 fully saturated rings. The van der Waals surface area contributed by atoms with Crippen molar-refractivity contribution in [3.8, 4) is 22.5 Å². The third-order valence-electron chi connectivity index (χ3n) is 2.59. The molecule has 0 atom stereocenters. The Labute approximate surface area is 117 Å². The molecule has 0 aliphatic carbocycles. The number of rotatable bonds is 2. The van der Waals surface area contributed by atoms with Gasteiger partial charge in [-0.25, -0.2) is 0 Å². The van der Waals surface area contributed by atoms with Gasteiger partial charge in [0.15, 0.2) is 0 Å². The molecule has 2 heterocycles. The molecule has 2 aromatic heterocycles. The summed E-state index contributed by atoms with van der Waals surface area (Å²) in [5.74, 6) is 0.119. The molecule has 0 spiro atoms. The van der Waals surface area contributed by atoms with Crippen LogP contribution in [0.25, 0.3) is 22.5 Å². The summed E-state index contributed by atoms with van der Waals surface area (Å²) in [6.45, 7) is 0. The lowest BCUT2D eigenvalue weighted by Crippen LogP contribution is -1.90. The summed E-state index contributed by atoms with van der Waals surface area (Å²) >= 11 is 12.3. The van der Waals surface area contributed by atoms with E-state index in [0.29, 0.717) is 32.6 Å². The SMILES string of the molecule is Nc1onc(-c2cn[nH]n2)c1-c1c(Cl)cccc1Cl. The zero-order chi connectivity index (χ0) is 13.4. The number of nitrogens with zero attached hydrogens (tertiary/aromatic N) is 3. The first-order valence-electron chi connectivity index (χ1n) is 5.24. The third kappa shape index (κ3) is 1.94. The van der Waals surface area contributed by atoms with E-state index in [2.05, 4.69) is 20.6 Å². The zero-order valence-electron chi connectivity index (χ0n) is 9.39. The van der Waals surface area contributed by atoms with Gasteiger partial charge in [0.05, 0.1) is 21.8 Å². The van der Waals surface area contributed by atoms with E-state index in [-0.39, 0.29) is 5.88 Å². The predicted octanol–water partition coefficient (Wildman–Crippen LogP) is 3.02. The molecule has 3 rings (SSSR count). The van der Waals surface area contributed by atoms with Gasteiger partial charge in [-0.05, 0) is 12.1 Å². The molecule has 1 aromatic carbocycles. The Balaban J connectivity index is 2.29. The second-order valence-corrected chi connectivity index (χ2v) is 4.54. The van der Waals surface area contributed by atoms with Crippen LogP contribution in [0, 0.1) is 0 Å². The Bertz CT molecular complexity index is 703. The lowest BCUT2D eigenvalue weighted by Gasteiger charge is -2.05. The van der Waals surface area contributed by atoms with Crippen LogP contribution in [0.4, 0.5) is 5.88 Å². The van der Waals surface area contributed by atoms with Crippen molar-refractivity contribution in [2.75, 3.05) is 5.73 Å². The molecule has 19 heavy (non-hydrogen) atoms. The molecule has 0 aliphatic rings. The van der Waals surface area contributed by atoms with Gasteiger partial charge in [-0.3, -0.25) is 0 Å². The van der Waals surface area contributed by atoms with Gasteiger partial charge in [-0.1, -0.05) is 34.4 Å². The highest BCUT2D eigenvalue weighted by Crippen LogP contribution is 2.42. The third-order valence-corrected chi connectivity index (χ3v) is 3.22. The number of hydrogen-bond donors (Lipinski definition) is 2. The molecular formula is C11H7Cl2N5O. The Morgan fingerprint density at radius 1 is 1.16 bits per heavy atom. The van der Waals surface area contributed by atoms with Gasteiger partial charge in [0.1, 0.15) is 11.4 Å². The summed E-state index contributed by atoms with van der Waals surface area (Å²) in [5.41, 5.74) is 7.80. The number of aromatic nitrogens is 4. The monoisotopic (exact) mass is 295 g/mol. The summed E-state index contributed by atoms with van der Waals surface area (Å²) in [7, 11) is 0. The second-order valence-electron chi connectivity index (χ2n) is 3.72. The van der Waals surface area contributed by atoms with E-state index >= 15 is 0 Å². The summed E-state index contributed by atoms with van der Waals surface area (Å²) in [6.07, 6.45) is 1.51. The number of anilines is 1. The van der Waals surface area contributed by atoms with Crippen LogP contribution in [-0.2, 0) is 0 Å². The number of aromatic amines is 1. The summed E-state index contributed by atoms with van der Waals surface area (Å²) < 4.78 is 5.01. The van der Waals surface area contributed by atoms with Gasteiger partial charge in [0.25, 0.3) is 0 Å². The normalized spacial score (nSPS) is 10.8. The van der Waals surface area contributed by atoms with Crippen molar-refractivity contribution in [1.82, 2.24) is 20.6 Å². The van der Waals surface area contributed by atoms with E-state index in [4.69, 9.17) is 33.5 Å². The van der Waals surface area contributed by atoms with Crippen LogP contribution in [0.15, 0.2) is 28.9 Å². The number of nitrogen functional groups attached to an aromatic ring is 1. The van der Waals surface area contributed by atoms with Gasteiger partial charge in [-0.15, -0.1) is 0 Å². The van der Waals surface area contributed by atoms with Crippen LogP contribution >= 0.6 is 23.2 Å². The standard InChI is InChI=1S/C11H7Cl2N5O/c12-5-2-1-3-6(13)8(5)9-10(17-19-11(9)14)7-4-15-18-16-7/h1-4H,14H2,(H,15,16,18). The van der Waals surface area contributed by atoms with E-state index in [1.54, 1.807) is 18.2 Å². The maximum absolute atomic E-state index is 6.17. The number of H-pyrrole nitrogens is 1. The summed E-state index contributed by atoms with van der Waals surface area (Å²) in [5, 5.41) is 14.9. The lowest BCUT2D eigenvalue weighted by atomic mass is 10.0. The highest BCUT2D eigenvalue weighted by atomic mass is 35.5. The van der Waals surface area contributed by atoms with Gasteiger partial charge in [0.2, 0.25) is 5.88 Å². The van der Waals surface area contributed by atoms with Crippen molar-refractivity contribution in [1.29, 1.82) is 0 Å². The van der Waals surface area contributed by atoms with Crippen molar-refractivity contribution in [3.63, 3.8) is 0 Å². The fraction of sp³-hybridized carbons (Fsp3) is 0. The molecule has 8 heteroatoms. The molecule has 96 valence electrons. The largest absolute Gasteiger partial charge is 0.367 e. The van der Waals surface area contributed by atoms with Gasteiger partial charge in [0, 0.05) is 5.56 Å². The molecule has 0 aliphatic heterocycles. The average molecular weight is 296 g/mol. The molecule has 0 radical (unpaired) electrons. The zero-order valence-corrected chi connectivity index (χ0v) is 10.9. The van der Waals surface area contributed by atoms with Gasteiger partial charge < -0.3 is 10.3 Å². The van der Waals surface area contributed by atoms with Crippen molar-refractivity contribution >= 4 is 29.1 Å². The maximum atomic E-state index is 6.17. The van der Waals surface area contributed by atoms with E-state index in [1.165, 1.54) is 6.20 Å². The van der Waals surface area contributed by atoms with Crippen molar-refractivity contribution in [2.24, 2.45) is 0 Å². The number of nitrogens with one attached hydrogen (secondary N) is 1. The van der Waals surface area contributed by atoms with Crippen LogP contribution in [-0.4, -0.2) is 20.6 Å². The predicted molar refractivity (Wildman–Crippen MR) is 71.7 cm³/mol. The van der Waals surface area contributed by atoms with Crippen LogP contribution in [0.1, 0.15) is 0 Å². The number of halogens is 2. The first-order valence-corrected chi connectivity index (χ1v) is 5.99. The molecule has 3 N–H and O–H groups in total. The first kappa shape index (κ1) is 12.0. The van der Waals surface area contributed by atoms with Crippen LogP contribution in [0.2, 0.25) is 10.0 Å². The Hall–Kier alpha value is -2.05. The first-order chi connectivity index (χ1) is 9.18. The average Bonchev–Trinajstić information content (AvgIpc) is 2.99. The van der Waals surface area contributed by atoms with Gasteiger partial charge in [-0.2, -0.15) is 15.4 Å². The minimum atomic E-state index is 0.119. The van der Waals surface area contributed by atoms with Crippen molar-refractivity contribution in [3.05, 3.63) is 34.4 Å². The van der Waals surface area contributed by atoms with E-state index in [9.17, 15) is 0 Å². The Morgan fingerprint density at radius 2 is 1.89 bits per heavy atom. The van der Waals surface area contributed by atoms with Gasteiger partial charge >= 0.3 is 0 Å². The molecule has 0 unspecified atom stereocenters. The summed E-state index contributed by atoms with van der Waals surface area (Å²) in [4.78, 5) is 0. The van der Waals surface area contributed by atoms with Crippen molar-refractivity contribution < 1.29 is 4.52 Å². The Kier molecular flexibility index (Phi) is 2.88. The summed E-state index contributed by atoms with van der Waals surface area (Å²) in [6, 6.07) is 5.16. The molecule has 6 nitrogen and oxygen atoms in total. The van der Waals surface area contributed by atoms with Crippen molar-refractivity contribution in [2.45, 2.75) is 0 Å². The van der Waals surface area contributed by atoms with Crippen LogP contribution in [0.3, 0.4) is 0 Å². The molecule has 3 aromatic rings. The quantitative estimate of drug-likeness (QED) is 0.758. The smallest absolute Gasteiger partial charge is 0.230 e. The molecular weight excluding hydrogens is 289 g/mol. The minimum Gasteiger partial charge on any atom is -0.367 e.